The van der Waals surface area contributed by atoms with Crippen molar-refractivity contribution in [2.75, 3.05) is 17.8 Å². The van der Waals surface area contributed by atoms with Crippen molar-refractivity contribution in [3.63, 3.8) is 0 Å². The molecule has 0 radical (unpaired) electrons. The second-order valence-electron chi connectivity index (χ2n) is 5.93. The van der Waals surface area contributed by atoms with Crippen LogP contribution in [-0.4, -0.2) is 76.6 Å². The van der Waals surface area contributed by atoms with Crippen LogP contribution in [-0.2, 0) is 24.0 Å². The Morgan fingerprint density at radius 3 is 2.07 bits per heavy atom. The third-order valence-electron chi connectivity index (χ3n) is 3.55. The maximum Gasteiger partial charge on any atom is 0.326 e. The summed E-state index contributed by atoms with van der Waals surface area (Å²) >= 11 is 5.30. The zero-order valence-corrected chi connectivity index (χ0v) is 17.3. The van der Waals surface area contributed by atoms with Crippen molar-refractivity contribution in [3.8, 4) is 0 Å². The van der Waals surface area contributed by atoms with Gasteiger partial charge >= 0.3 is 5.97 Å². The number of aliphatic carboxylic acids is 1. The minimum absolute atomic E-state index is 0.0160. The lowest BCUT2D eigenvalue weighted by Gasteiger charge is -2.22. The van der Waals surface area contributed by atoms with Crippen molar-refractivity contribution in [1.82, 2.24) is 16.0 Å². The predicted molar refractivity (Wildman–Crippen MR) is 108 cm³/mol. The summed E-state index contributed by atoms with van der Waals surface area (Å²) in [6.07, 6.45) is 1.51. The molecule has 0 aliphatic heterocycles. The van der Waals surface area contributed by atoms with Gasteiger partial charge < -0.3 is 32.5 Å². The number of thioether (sulfide) groups is 1. The van der Waals surface area contributed by atoms with E-state index in [0.717, 1.165) is 0 Å². The van der Waals surface area contributed by atoms with Crippen LogP contribution in [0.15, 0.2) is 0 Å². The van der Waals surface area contributed by atoms with Crippen LogP contribution in [0.3, 0.4) is 0 Å². The summed E-state index contributed by atoms with van der Waals surface area (Å²) < 4.78 is 0. The number of hydrogen-bond acceptors (Lipinski definition) is 8. The van der Waals surface area contributed by atoms with Gasteiger partial charge in [-0.2, -0.15) is 24.4 Å². The molecule has 8 N–H and O–H groups in total. The van der Waals surface area contributed by atoms with Crippen molar-refractivity contribution in [2.45, 2.75) is 43.9 Å². The molecule has 0 aliphatic carbocycles. The van der Waals surface area contributed by atoms with Crippen molar-refractivity contribution in [3.05, 3.63) is 0 Å². The number of amides is 4. The normalized spacial score (nSPS) is 14.9. The monoisotopic (exact) mass is 437 g/mol. The van der Waals surface area contributed by atoms with Gasteiger partial charge in [0.15, 0.2) is 0 Å². The topological polar surface area (TPSA) is 194 Å². The van der Waals surface area contributed by atoms with Gasteiger partial charge in [0.1, 0.15) is 18.1 Å². The van der Waals surface area contributed by atoms with Gasteiger partial charge in [0.25, 0.3) is 0 Å². The molecule has 0 aliphatic rings. The van der Waals surface area contributed by atoms with Crippen molar-refractivity contribution in [1.29, 1.82) is 0 Å². The van der Waals surface area contributed by atoms with E-state index in [4.69, 9.17) is 16.6 Å². The van der Waals surface area contributed by atoms with E-state index in [2.05, 4.69) is 28.6 Å². The van der Waals surface area contributed by atoms with Crippen molar-refractivity contribution in [2.24, 2.45) is 11.5 Å². The molecule has 11 nitrogen and oxygen atoms in total. The highest BCUT2D eigenvalue weighted by atomic mass is 32.2. The largest absolute Gasteiger partial charge is 0.480 e. The molecule has 4 amide bonds. The van der Waals surface area contributed by atoms with Crippen LogP contribution >= 0.6 is 24.4 Å². The summed E-state index contributed by atoms with van der Waals surface area (Å²) in [5, 5.41) is 16.1. The number of hydrogen-bond donors (Lipinski definition) is 7. The number of rotatable bonds is 13. The third-order valence-corrected chi connectivity index (χ3v) is 4.59. The van der Waals surface area contributed by atoms with Gasteiger partial charge in [-0.05, 0) is 25.4 Å². The Kier molecular flexibility index (Phi) is 12.3. The van der Waals surface area contributed by atoms with E-state index in [1.165, 1.54) is 18.7 Å². The highest BCUT2D eigenvalue weighted by Crippen LogP contribution is 2.02. The first-order valence-electron chi connectivity index (χ1n) is 8.31. The molecule has 0 aromatic rings. The fourth-order valence-electron chi connectivity index (χ4n) is 1.94. The average Bonchev–Trinajstić information content (AvgIpc) is 2.62. The van der Waals surface area contributed by atoms with Gasteiger partial charge in [-0.15, -0.1) is 0 Å². The number of carbonyl (C=O) groups is 5. The fourth-order valence-corrected chi connectivity index (χ4v) is 2.58. The fraction of sp³-hybridized carbons (Fsp3) is 0.667. The second kappa shape index (κ2) is 13.2. The quantitative estimate of drug-likeness (QED) is 0.153. The van der Waals surface area contributed by atoms with Gasteiger partial charge in [-0.25, -0.2) is 4.79 Å². The zero-order chi connectivity index (χ0) is 21.9. The molecule has 4 atom stereocenters. The molecule has 0 saturated carbocycles. The molecule has 0 aromatic heterocycles. The second-order valence-corrected chi connectivity index (χ2v) is 7.28. The predicted octanol–water partition coefficient (Wildman–Crippen LogP) is -2.57. The molecular formula is C15H27N5O6S2. The maximum absolute atomic E-state index is 12.3. The van der Waals surface area contributed by atoms with E-state index >= 15 is 0 Å². The Balaban J connectivity index is 4.97. The first kappa shape index (κ1) is 26.0. The lowest BCUT2D eigenvalue weighted by molar-refractivity contribution is -0.142. The Labute approximate surface area is 172 Å². The summed E-state index contributed by atoms with van der Waals surface area (Å²) in [7, 11) is 0. The number of primary amides is 1. The molecule has 0 spiro atoms. The minimum atomic E-state index is -1.34. The number of thiol groups is 1. The Morgan fingerprint density at radius 2 is 1.61 bits per heavy atom. The summed E-state index contributed by atoms with van der Waals surface area (Å²) in [6.45, 7) is 1.34. The lowest BCUT2D eigenvalue weighted by Crippen LogP contribution is -2.57. The average molecular weight is 438 g/mol. The van der Waals surface area contributed by atoms with Gasteiger partial charge in [0.2, 0.25) is 23.6 Å². The number of carboxylic acids is 1. The first-order chi connectivity index (χ1) is 13.0. The maximum atomic E-state index is 12.3. The standard InChI is InChI=1S/C15H27N5O6S2/c1-7(12(22)19-9(15(25)26)3-4-28-2)18-14(24)10(5-11(17)21)20-13(23)8(16)6-27/h7-10,27H,3-6,16H2,1-2H3,(H2,17,21)(H,18,24)(H,19,22)(H,20,23)(H,25,26). The van der Waals surface area contributed by atoms with Gasteiger partial charge in [0.05, 0.1) is 12.5 Å². The van der Waals surface area contributed by atoms with Gasteiger partial charge in [-0.1, -0.05) is 0 Å². The molecule has 0 aromatic carbocycles. The van der Waals surface area contributed by atoms with E-state index < -0.39 is 60.2 Å². The number of nitrogens with two attached hydrogens (primary N) is 2. The molecule has 13 heteroatoms. The van der Waals surface area contributed by atoms with Crippen LogP contribution in [0, 0.1) is 0 Å². The van der Waals surface area contributed by atoms with Crippen molar-refractivity contribution < 1.29 is 29.1 Å². The smallest absolute Gasteiger partial charge is 0.326 e. The van der Waals surface area contributed by atoms with Crippen LogP contribution in [0.1, 0.15) is 19.8 Å². The first-order valence-corrected chi connectivity index (χ1v) is 10.3. The van der Waals surface area contributed by atoms with E-state index in [1.54, 1.807) is 6.26 Å². The third kappa shape index (κ3) is 9.80. The summed E-state index contributed by atoms with van der Waals surface area (Å²) in [5.74, 6) is -3.77. The van der Waals surface area contributed by atoms with Gasteiger partial charge in [0, 0.05) is 5.75 Å². The van der Waals surface area contributed by atoms with Crippen LogP contribution in [0.2, 0.25) is 0 Å². The van der Waals surface area contributed by atoms with Crippen LogP contribution in [0.4, 0.5) is 0 Å². The van der Waals surface area contributed by atoms with Crippen LogP contribution < -0.4 is 27.4 Å². The Bertz CT molecular complexity index is 591. The highest BCUT2D eigenvalue weighted by molar-refractivity contribution is 7.98. The van der Waals surface area contributed by atoms with Crippen LogP contribution in [0.5, 0.6) is 0 Å². The zero-order valence-electron chi connectivity index (χ0n) is 15.6. The number of carboxylic acid groups (broad SMARTS) is 1. The molecular weight excluding hydrogens is 410 g/mol. The highest BCUT2D eigenvalue weighted by Gasteiger charge is 2.28. The van der Waals surface area contributed by atoms with E-state index in [0.29, 0.717) is 5.75 Å². The van der Waals surface area contributed by atoms with Crippen LogP contribution in [0.25, 0.3) is 0 Å². The van der Waals surface area contributed by atoms with E-state index in [1.807, 2.05) is 0 Å². The summed E-state index contributed by atoms with van der Waals surface area (Å²) in [6, 6.07) is -4.55. The summed E-state index contributed by atoms with van der Waals surface area (Å²) in [4.78, 5) is 58.7. The molecule has 0 rings (SSSR count). The summed E-state index contributed by atoms with van der Waals surface area (Å²) in [5.41, 5.74) is 10.6. The molecule has 0 bridgehead atoms. The number of carbonyl (C=O) groups excluding carboxylic acids is 4. The molecule has 0 fully saturated rings. The number of nitrogens with one attached hydrogen (secondary N) is 3. The minimum Gasteiger partial charge on any atom is -0.480 e. The molecule has 160 valence electrons. The Hall–Kier alpha value is -1.99. The molecule has 0 heterocycles. The van der Waals surface area contributed by atoms with Crippen molar-refractivity contribution >= 4 is 54.0 Å². The molecule has 0 saturated heterocycles. The lowest BCUT2D eigenvalue weighted by atomic mass is 10.1. The van der Waals surface area contributed by atoms with E-state index in [-0.39, 0.29) is 12.2 Å². The van der Waals surface area contributed by atoms with Gasteiger partial charge in [-0.3, -0.25) is 19.2 Å². The van der Waals surface area contributed by atoms with E-state index in [9.17, 15) is 24.0 Å². The SMILES string of the molecule is CSCCC(NC(=O)C(C)NC(=O)C(CC(N)=O)NC(=O)C(N)CS)C(=O)O. The molecule has 28 heavy (non-hydrogen) atoms. The Morgan fingerprint density at radius 1 is 1.04 bits per heavy atom. The molecule has 4 unspecified atom stereocenters.